The quantitative estimate of drug-likeness (QED) is 0.854. The van der Waals surface area contributed by atoms with Crippen LogP contribution in [0, 0.1) is 5.92 Å². The van der Waals surface area contributed by atoms with Gasteiger partial charge in [0.2, 0.25) is 5.88 Å². The number of hydrogen-bond acceptors (Lipinski definition) is 4. The van der Waals surface area contributed by atoms with E-state index in [-0.39, 0.29) is 29.1 Å². The molecule has 2 rings (SSSR count). The Labute approximate surface area is 149 Å². The normalized spacial score (nSPS) is 13.2. The van der Waals surface area contributed by atoms with E-state index >= 15 is 0 Å². The Kier molecular flexibility index (Phi) is 7.85. The lowest BCUT2D eigenvalue weighted by Gasteiger charge is -2.19. The van der Waals surface area contributed by atoms with Gasteiger partial charge in [-0.25, -0.2) is 4.98 Å². The van der Waals surface area contributed by atoms with Crippen molar-refractivity contribution < 1.29 is 14.3 Å². The van der Waals surface area contributed by atoms with E-state index in [0.29, 0.717) is 5.57 Å². The fraction of sp³-hybridized carbons (Fsp3) is 0.421. The summed E-state index contributed by atoms with van der Waals surface area (Å²) in [5.74, 6) is -0.482. The first kappa shape index (κ1) is 20.4. The zero-order chi connectivity index (χ0) is 19.0. The Balaban J connectivity index is 0.00000151. The topological polar surface area (TPSA) is 94.3 Å². The molecule has 1 aliphatic rings. The van der Waals surface area contributed by atoms with Crippen LogP contribution in [0.25, 0.3) is 0 Å². The van der Waals surface area contributed by atoms with E-state index in [1.807, 2.05) is 33.8 Å². The predicted molar refractivity (Wildman–Crippen MR) is 99.5 cm³/mol. The molecule has 0 unspecified atom stereocenters. The summed E-state index contributed by atoms with van der Waals surface area (Å²) >= 11 is 0. The van der Waals surface area contributed by atoms with Crippen molar-refractivity contribution in [3.63, 3.8) is 0 Å². The predicted octanol–water partition coefficient (Wildman–Crippen LogP) is 3.46. The average molecular weight is 345 g/mol. The van der Waals surface area contributed by atoms with E-state index < -0.39 is 5.91 Å². The third kappa shape index (κ3) is 5.17. The highest BCUT2D eigenvalue weighted by molar-refractivity contribution is 6.10. The largest absolute Gasteiger partial charge is 0.481 e. The molecule has 1 aromatic heterocycles. The maximum Gasteiger partial charge on any atom is 0.269 e. The molecule has 0 fully saturated rings. The monoisotopic (exact) mass is 345 g/mol. The second kappa shape index (κ2) is 9.61. The van der Waals surface area contributed by atoms with Gasteiger partial charge in [-0.2, -0.15) is 0 Å². The fourth-order valence-corrected chi connectivity index (χ4v) is 2.50. The van der Waals surface area contributed by atoms with E-state index in [4.69, 9.17) is 10.5 Å². The number of nitrogens with one attached hydrogen (secondary N) is 1. The molecule has 0 aromatic carbocycles. The van der Waals surface area contributed by atoms with Crippen molar-refractivity contribution >= 4 is 17.5 Å². The van der Waals surface area contributed by atoms with Gasteiger partial charge in [-0.3, -0.25) is 9.59 Å². The Morgan fingerprint density at radius 1 is 1.20 bits per heavy atom. The van der Waals surface area contributed by atoms with Crippen molar-refractivity contribution in [2.45, 2.75) is 40.5 Å². The highest BCUT2D eigenvalue weighted by atomic mass is 16.5. The lowest BCUT2D eigenvalue weighted by atomic mass is 9.89. The van der Waals surface area contributed by atoms with Crippen LogP contribution in [0.5, 0.6) is 5.88 Å². The number of pyridine rings is 1. The molecule has 6 heteroatoms. The van der Waals surface area contributed by atoms with Gasteiger partial charge >= 0.3 is 0 Å². The maximum absolute atomic E-state index is 12.6. The first-order chi connectivity index (χ1) is 11.9. The third-order valence-corrected chi connectivity index (χ3v) is 3.62. The molecule has 0 bridgehead atoms. The Bertz CT molecular complexity index is 691. The number of ether oxygens (including phenoxy) is 1. The van der Waals surface area contributed by atoms with Crippen LogP contribution in [0.2, 0.25) is 0 Å². The van der Waals surface area contributed by atoms with Crippen LogP contribution < -0.4 is 15.8 Å². The summed E-state index contributed by atoms with van der Waals surface area (Å²) in [5, 5.41) is 2.73. The number of rotatable bonds is 5. The number of carbonyl (C=O) groups excluding carboxylic acids is 2. The minimum atomic E-state index is -0.726. The summed E-state index contributed by atoms with van der Waals surface area (Å²) in [6.45, 7) is 8.09. The standard InChI is InChI=1S/C17H21N3O3.C2H6/c1-10(2)11-6-4-5-7-12(11)17(22)19-13-8-9-14(23-3)20-15(13)16(18)21;1-2/h6-10H,4-5H2,1-3H3,(H2,18,21)(H,19,22);1-2H3. The average Bonchev–Trinajstić information content (AvgIpc) is 2.63. The summed E-state index contributed by atoms with van der Waals surface area (Å²) in [6.07, 6.45) is 5.76. The number of aromatic nitrogens is 1. The van der Waals surface area contributed by atoms with E-state index in [1.165, 1.54) is 7.11 Å². The Morgan fingerprint density at radius 3 is 2.40 bits per heavy atom. The number of hydrogen-bond donors (Lipinski definition) is 2. The fourth-order valence-electron chi connectivity index (χ4n) is 2.50. The number of nitrogens with zero attached hydrogens (tertiary/aromatic N) is 1. The highest BCUT2D eigenvalue weighted by Gasteiger charge is 2.21. The van der Waals surface area contributed by atoms with Crippen LogP contribution in [-0.4, -0.2) is 23.9 Å². The zero-order valence-electron chi connectivity index (χ0n) is 15.6. The number of carbonyl (C=O) groups is 2. The van der Waals surface area contributed by atoms with Crippen molar-refractivity contribution in [2.24, 2.45) is 11.7 Å². The molecule has 0 saturated carbocycles. The van der Waals surface area contributed by atoms with Gasteiger partial charge in [0, 0.05) is 11.6 Å². The first-order valence-corrected chi connectivity index (χ1v) is 8.50. The van der Waals surface area contributed by atoms with Crippen molar-refractivity contribution in [1.29, 1.82) is 0 Å². The van der Waals surface area contributed by atoms with Crippen molar-refractivity contribution in [3.8, 4) is 5.88 Å². The minimum absolute atomic E-state index is 0.0239. The lowest BCUT2D eigenvalue weighted by molar-refractivity contribution is -0.112. The van der Waals surface area contributed by atoms with Gasteiger partial charge in [0.1, 0.15) is 0 Å². The van der Waals surface area contributed by atoms with Gasteiger partial charge < -0.3 is 15.8 Å². The number of allylic oxidation sites excluding steroid dienone is 2. The van der Waals surface area contributed by atoms with E-state index in [0.717, 1.165) is 18.4 Å². The molecule has 0 radical (unpaired) electrons. The van der Waals surface area contributed by atoms with Gasteiger partial charge in [-0.05, 0) is 30.4 Å². The third-order valence-electron chi connectivity index (χ3n) is 3.62. The molecule has 1 aromatic rings. The summed E-state index contributed by atoms with van der Waals surface area (Å²) < 4.78 is 4.98. The number of anilines is 1. The van der Waals surface area contributed by atoms with Gasteiger partial charge in [-0.1, -0.05) is 39.8 Å². The Morgan fingerprint density at radius 2 is 1.84 bits per heavy atom. The molecule has 1 heterocycles. The summed E-state index contributed by atoms with van der Waals surface area (Å²) in [7, 11) is 1.44. The highest BCUT2D eigenvalue weighted by Crippen LogP contribution is 2.27. The number of primary amides is 1. The van der Waals surface area contributed by atoms with Gasteiger partial charge in [0.15, 0.2) is 5.69 Å². The maximum atomic E-state index is 12.6. The van der Waals surface area contributed by atoms with Crippen molar-refractivity contribution in [1.82, 2.24) is 4.98 Å². The molecule has 0 atom stereocenters. The molecule has 136 valence electrons. The van der Waals surface area contributed by atoms with E-state index in [2.05, 4.69) is 16.4 Å². The molecular formula is C19H27N3O3. The molecule has 0 spiro atoms. The summed E-state index contributed by atoms with van der Waals surface area (Å²) in [5.41, 5.74) is 7.23. The number of nitrogens with two attached hydrogens (primary N) is 1. The SMILES string of the molecule is CC.COc1ccc(NC(=O)C2=CCCC=C2C(C)C)c(C(N)=O)n1. The van der Waals surface area contributed by atoms with Gasteiger partial charge in [0.25, 0.3) is 11.8 Å². The smallest absolute Gasteiger partial charge is 0.269 e. The van der Waals surface area contributed by atoms with Crippen LogP contribution in [0.15, 0.2) is 35.4 Å². The summed E-state index contributed by atoms with van der Waals surface area (Å²) in [4.78, 5) is 28.1. The lowest BCUT2D eigenvalue weighted by Crippen LogP contribution is -2.23. The van der Waals surface area contributed by atoms with Crippen LogP contribution in [-0.2, 0) is 4.79 Å². The molecule has 25 heavy (non-hydrogen) atoms. The second-order valence-electron chi connectivity index (χ2n) is 5.58. The van der Waals surface area contributed by atoms with Crippen LogP contribution >= 0.6 is 0 Å². The van der Waals surface area contributed by atoms with Crippen molar-refractivity contribution in [2.75, 3.05) is 12.4 Å². The molecular weight excluding hydrogens is 318 g/mol. The first-order valence-electron chi connectivity index (χ1n) is 8.50. The number of amides is 2. The molecule has 2 amide bonds. The molecule has 3 N–H and O–H groups in total. The van der Waals surface area contributed by atoms with E-state index in [9.17, 15) is 9.59 Å². The summed E-state index contributed by atoms with van der Waals surface area (Å²) in [6, 6.07) is 3.13. The van der Waals surface area contributed by atoms with Gasteiger partial charge in [-0.15, -0.1) is 0 Å². The molecule has 0 saturated heterocycles. The van der Waals surface area contributed by atoms with Crippen LogP contribution in [0.4, 0.5) is 5.69 Å². The minimum Gasteiger partial charge on any atom is -0.481 e. The Hall–Kier alpha value is -2.63. The zero-order valence-corrected chi connectivity index (χ0v) is 15.6. The molecule has 6 nitrogen and oxygen atoms in total. The van der Waals surface area contributed by atoms with Crippen molar-refractivity contribution in [3.05, 3.63) is 41.1 Å². The van der Waals surface area contributed by atoms with Gasteiger partial charge in [0.05, 0.1) is 12.8 Å². The van der Waals surface area contributed by atoms with E-state index in [1.54, 1.807) is 12.1 Å². The molecule has 0 aliphatic heterocycles. The second-order valence-corrected chi connectivity index (χ2v) is 5.58. The molecule has 1 aliphatic carbocycles. The number of methoxy groups -OCH3 is 1. The van der Waals surface area contributed by atoms with Crippen LogP contribution in [0.3, 0.4) is 0 Å². The van der Waals surface area contributed by atoms with Crippen LogP contribution in [0.1, 0.15) is 51.0 Å².